The minimum absolute atomic E-state index is 0.245. The molecule has 1 atom stereocenters. The summed E-state index contributed by atoms with van der Waals surface area (Å²) in [5.74, 6) is -1.62. The van der Waals surface area contributed by atoms with Crippen LogP contribution in [0.5, 0.6) is 5.75 Å². The summed E-state index contributed by atoms with van der Waals surface area (Å²) in [6.07, 6.45) is 0. The predicted octanol–water partition coefficient (Wildman–Crippen LogP) is 0.924. The molecule has 24 heavy (non-hydrogen) atoms. The summed E-state index contributed by atoms with van der Waals surface area (Å²) >= 11 is 0. The number of rotatable bonds is 7. The molecule has 3 N–H and O–H groups in total. The van der Waals surface area contributed by atoms with E-state index in [1.54, 1.807) is 6.07 Å². The van der Waals surface area contributed by atoms with E-state index in [1.807, 2.05) is 36.4 Å². The van der Waals surface area contributed by atoms with Crippen molar-refractivity contribution in [2.45, 2.75) is 13.0 Å². The van der Waals surface area contributed by atoms with E-state index in [4.69, 9.17) is 9.84 Å². The highest BCUT2D eigenvalue weighted by Crippen LogP contribution is 2.24. The first-order valence-corrected chi connectivity index (χ1v) is 7.37. The molecule has 0 aliphatic carbocycles. The molecule has 7 nitrogen and oxygen atoms in total. The van der Waals surface area contributed by atoms with Gasteiger partial charge in [0.05, 0.1) is 0 Å². The predicted molar refractivity (Wildman–Crippen MR) is 87.7 cm³/mol. The van der Waals surface area contributed by atoms with Gasteiger partial charge in [0.25, 0.3) is 5.91 Å². The molecule has 0 aliphatic rings. The fourth-order valence-electron chi connectivity index (χ4n) is 2.13. The lowest BCUT2D eigenvalue weighted by Crippen LogP contribution is -2.47. The van der Waals surface area contributed by atoms with Crippen LogP contribution in [0.1, 0.15) is 6.92 Å². The lowest BCUT2D eigenvalue weighted by Gasteiger charge is -2.14. The minimum Gasteiger partial charge on any atom is -0.483 e. The molecule has 7 heteroatoms. The van der Waals surface area contributed by atoms with Crippen molar-refractivity contribution in [1.29, 1.82) is 0 Å². The fourth-order valence-corrected chi connectivity index (χ4v) is 2.13. The summed E-state index contributed by atoms with van der Waals surface area (Å²) in [6, 6.07) is 12.3. The molecule has 0 unspecified atom stereocenters. The van der Waals surface area contributed by atoms with Gasteiger partial charge in [-0.05, 0) is 18.4 Å². The second-order valence-corrected chi connectivity index (χ2v) is 5.17. The Morgan fingerprint density at radius 2 is 1.83 bits per heavy atom. The Bertz CT molecular complexity index is 754. The van der Waals surface area contributed by atoms with Crippen molar-refractivity contribution >= 4 is 28.6 Å². The number of hydrogen-bond acceptors (Lipinski definition) is 4. The summed E-state index contributed by atoms with van der Waals surface area (Å²) in [6.45, 7) is 0.725. The molecule has 126 valence electrons. The van der Waals surface area contributed by atoms with E-state index in [0.717, 1.165) is 10.8 Å². The molecule has 0 aromatic heterocycles. The summed E-state index contributed by atoms with van der Waals surface area (Å²) in [5.41, 5.74) is 0. The first-order chi connectivity index (χ1) is 11.5. The summed E-state index contributed by atoms with van der Waals surface area (Å²) in [7, 11) is 0. The molecule has 0 bridgehead atoms. The number of benzene rings is 2. The van der Waals surface area contributed by atoms with Crippen molar-refractivity contribution < 1.29 is 24.2 Å². The van der Waals surface area contributed by atoms with E-state index in [0.29, 0.717) is 5.75 Å². The van der Waals surface area contributed by atoms with Crippen LogP contribution in [-0.2, 0) is 14.4 Å². The zero-order valence-electron chi connectivity index (χ0n) is 13.1. The van der Waals surface area contributed by atoms with Crippen molar-refractivity contribution in [1.82, 2.24) is 10.6 Å². The van der Waals surface area contributed by atoms with Gasteiger partial charge in [-0.3, -0.25) is 14.4 Å². The molecular weight excluding hydrogens is 312 g/mol. The van der Waals surface area contributed by atoms with Crippen LogP contribution in [0, 0.1) is 0 Å². The third kappa shape index (κ3) is 4.70. The Kier molecular flexibility index (Phi) is 5.73. The normalized spacial score (nSPS) is 11.5. The van der Waals surface area contributed by atoms with Gasteiger partial charge < -0.3 is 20.5 Å². The van der Waals surface area contributed by atoms with Crippen molar-refractivity contribution in [3.8, 4) is 5.75 Å². The summed E-state index contributed by atoms with van der Waals surface area (Å²) in [5, 5.41) is 15.0. The van der Waals surface area contributed by atoms with Crippen molar-refractivity contribution in [3.63, 3.8) is 0 Å². The molecule has 2 aromatic carbocycles. The number of ether oxygens (including phenoxy) is 1. The number of fused-ring (bicyclic) bond motifs is 1. The summed E-state index contributed by atoms with van der Waals surface area (Å²) in [4.78, 5) is 33.9. The molecule has 2 aromatic rings. The van der Waals surface area contributed by atoms with Gasteiger partial charge in [0, 0.05) is 5.39 Å². The molecule has 0 saturated heterocycles. The molecule has 0 radical (unpaired) electrons. The second kappa shape index (κ2) is 7.96. The van der Waals surface area contributed by atoms with Crippen LogP contribution in [0.25, 0.3) is 10.8 Å². The number of carboxylic acids is 1. The Morgan fingerprint density at radius 3 is 2.58 bits per heavy atom. The maximum Gasteiger partial charge on any atom is 0.322 e. The maximum absolute atomic E-state index is 11.9. The topological polar surface area (TPSA) is 105 Å². The van der Waals surface area contributed by atoms with Gasteiger partial charge in [-0.1, -0.05) is 36.4 Å². The number of carboxylic acid groups (broad SMARTS) is 1. The van der Waals surface area contributed by atoms with E-state index >= 15 is 0 Å². The molecular formula is C17H18N2O5. The van der Waals surface area contributed by atoms with Crippen molar-refractivity contribution in [3.05, 3.63) is 42.5 Å². The third-order valence-electron chi connectivity index (χ3n) is 3.29. The fraction of sp³-hybridized carbons (Fsp3) is 0.235. The van der Waals surface area contributed by atoms with Gasteiger partial charge in [-0.25, -0.2) is 0 Å². The van der Waals surface area contributed by atoms with E-state index in [1.165, 1.54) is 6.92 Å². The van der Waals surface area contributed by atoms with Gasteiger partial charge in [0.1, 0.15) is 18.3 Å². The number of carbonyl (C=O) groups excluding carboxylic acids is 2. The van der Waals surface area contributed by atoms with Crippen LogP contribution >= 0.6 is 0 Å². The third-order valence-corrected chi connectivity index (χ3v) is 3.29. The Morgan fingerprint density at radius 1 is 1.12 bits per heavy atom. The van der Waals surface area contributed by atoms with E-state index in [9.17, 15) is 14.4 Å². The van der Waals surface area contributed by atoms with Crippen LogP contribution in [0.3, 0.4) is 0 Å². The van der Waals surface area contributed by atoms with Crippen LogP contribution in [0.4, 0.5) is 0 Å². The zero-order chi connectivity index (χ0) is 17.5. The SMILES string of the molecule is C[C@H](NC(=O)COc1cccc2ccccc12)C(=O)NCC(=O)O. The lowest BCUT2D eigenvalue weighted by molar-refractivity contribution is -0.138. The minimum atomic E-state index is -1.15. The van der Waals surface area contributed by atoms with E-state index in [2.05, 4.69) is 10.6 Å². The van der Waals surface area contributed by atoms with Crippen LogP contribution < -0.4 is 15.4 Å². The average molecular weight is 330 g/mol. The molecule has 2 amide bonds. The molecule has 2 rings (SSSR count). The number of carbonyl (C=O) groups is 3. The monoisotopic (exact) mass is 330 g/mol. The average Bonchev–Trinajstić information content (AvgIpc) is 2.57. The van der Waals surface area contributed by atoms with Crippen LogP contribution in [0.15, 0.2) is 42.5 Å². The van der Waals surface area contributed by atoms with Gasteiger partial charge in [0.2, 0.25) is 5.91 Å². The van der Waals surface area contributed by atoms with E-state index < -0.39 is 30.4 Å². The number of hydrogen-bond donors (Lipinski definition) is 3. The molecule has 0 saturated carbocycles. The highest BCUT2D eigenvalue weighted by Gasteiger charge is 2.16. The van der Waals surface area contributed by atoms with Gasteiger partial charge in [-0.2, -0.15) is 0 Å². The van der Waals surface area contributed by atoms with Crippen LogP contribution in [-0.4, -0.2) is 42.1 Å². The van der Waals surface area contributed by atoms with Gasteiger partial charge in [-0.15, -0.1) is 0 Å². The standard InChI is InChI=1S/C17H18N2O5/c1-11(17(23)18-9-16(21)22)19-15(20)10-24-14-8-4-6-12-5-2-3-7-13(12)14/h2-8,11H,9-10H2,1H3,(H,18,23)(H,19,20)(H,21,22)/t11-/m0/s1. The van der Waals surface area contributed by atoms with Gasteiger partial charge in [0.15, 0.2) is 6.61 Å². The number of amides is 2. The van der Waals surface area contributed by atoms with Crippen molar-refractivity contribution in [2.75, 3.05) is 13.2 Å². The number of nitrogens with one attached hydrogen (secondary N) is 2. The smallest absolute Gasteiger partial charge is 0.322 e. The summed E-state index contributed by atoms with van der Waals surface area (Å²) < 4.78 is 5.52. The largest absolute Gasteiger partial charge is 0.483 e. The molecule has 0 heterocycles. The van der Waals surface area contributed by atoms with E-state index in [-0.39, 0.29) is 6.61 Å². The second-order valence-electron chi connectivity index (χ2n) is 5.17. The Labute approximate surface area is 138 Å². The van der Waals surface area contributed by atoms with Crippen molar-refractivity contribution in [2.24, 2.45) is 0 Å². The van der Waals surface area contributed by atoms with Crippen LogP contribution in [0.2, 0.25) is 0 Å². The first-order valence-electron chi connectivity index (χ1n) is 7.37. The number of aliphatic carboxylic acids is 1. The lowest BCUT2D eigenvalue weighted by atomic mass is 10.1. The van der Waals surface area contributed by atoms with Gasteiger partial charge >= 0.3 is 5.97 Å². The Hall–Kier alpha value is -3.09. The zero-order valence-corrected chi connectivity index (χ0v) is 13.1. The molecule has 0 spiro atoms. The molecule has 0 aliphatic heterocycles. The highest BCUT2D eigenvalue weighted by atomic mass is 16.5. The Balaban J connectivity index is 1.88. The maximum atomic E-state index is 11.9. The first kappa shape index (κ1) is 17.3. The quantitative estimate of drug-likeness (QED) is 0.700. The molecule has 0 fully saturated rings. The highest BCUT2D eigenvalue weighted by molar-refractivity contribution is 5.90.